The smallest absolute Gasteiger partial charge is 0.223 e. The maximum absolute atomic E-state index is 12.3. The second-order valence-electron chi connectivity index (χ2n) is 2.51. The topological polar surface area (TPSA) is 63.8 Å². The van der Waals surface area contributed by atoms with Crippen LogP contribution in [-0.4, -0.2) is 22.6 Å². The van der Waals surface area contributed by atoms with Crippen LogP contribution in [0.4, 0.5) is 10.3 Å². The molecule has 1 aromatic rings. The molecule has 1 aromatic heterocycles. The van der Waals surface area contributed by atoms with Gasteiger partial charge in [0, 0.05) is 12.6 Å². The number of nitrogens with two attached hydrogens (primary N) is 1. The van der Waals surface area contributed by atoms with Crippen molar-refractivity contribution in [1.29, 1.82) is 0 Å². The predicted molar refractivity (Wildman–Crippen MR) is 44.1 cm³/mol. The van der Waals surface area contributed by atoms with Crippen LogP contribution in [0, 0.1) is 5.82 Å². The van der Waals surface area contributed by atoms with E-state index in [1.165, 1.54) is 0 Å². The number of hydrogen-bond donors (Lipinski definition) is 2. The Balaban J connectivity index is 2.58. The number of anilines is 1. The Kier molecular flexibility index (Phi) is 2.93. The van der Waals surface area contributed by atoms with Crippen LogP contribution in [0.5, 0.6) is 0 Å². The molecule has 0 aliphatic rings. The zero-order valence-corrected chi connectivity index (χ0v) is 6.79. The Labute approximate surface area is 70.0 Å². The van der Waals surface area contributed by atoms with Crippen molar-refractivity contribution in [3.05, 3.63) is 18.2 Å². The number of hydrogen-bond acceptors (Lipinski definition) is 4. The first-order chi connectivity index (χ1) is 5.72. The highest BCUT2D eigenvalue weighted by molar-refractivity contribution is 5.23. The van der Waals surface area contributed by atoms with Gasteiger partial charge in [-0.3, -0.25) is 0 Å². The van der Waals surface area contributed by atoms with Gasteiger partial charge in [0.05, 0.1) is 12.4 Å². The van der Waals surface area contributed by atoms with Gasteiger partial charge in [-0.2, -0.15) is 0 Å². The highest BCUT2D eigenvalue weighted by Gasteiger charge is 2.00. The van der Waals surface area contributed by atoms with Crippen molar-refractivity contribution in [2.24, 2.45) is 5.73 Å². The van der Waals surface area contributed by atoms with Crippen molar-refractivity contribution in [2.45, 2.75) is 13.0 Å². The lowest BCUT2D eigenvalue weighted by Crippen LogP contribution is -2.26. The number of aromatic nitrogens is 2. The van der Waals surface area contributed by atoms with Crippen LogP contribution in [0.25, 0.3) is 0 Å². The van der Waals surface area contributed by atoms with E-state index in [4.69, 9.17) is 5.73 Å². The Morgan fingerprint density at radius 2 is 2.17 bits per heavy atom. The Morgan fingerprint density at radius 3 is 2.67 bits per heavy atom. The van der Waals surface area contributed by atoms with Gasteiger partial charge in [-0.1, -0.05) is 0 Å². The van der Waals surface area contributed by atoms with Crippen LogP contribution in [0.2, 0.25) is 0 Å². The molecule has 1 atom stereocenters. The second-order valence-corrected chi connectivity index (χ2v) is 2.51. The van der Waals surface area contributed by atoms with Crippen molar-refractivity contribution >= 4 is 5.95 Å². The molecule has 4 nitrogen and oxygen atoms in total. The fourth-order valence-corrected chi connectivity index (χ4v) is 0.666. The second kappa shape index (κ2) is 3.96. The van der Waals surface area contributed by atoms with Gasteiger partial charge >= 0.3 is 0 Å². The zero-order valence-electron chi connectivity index (χ0n) is 6.79. The van der Waals surface area contributed by atoms with Gasteiger partial charge < -0.3 is 11.1 Å². The van der Waals surface area contributed by atoms with E-state index in [0.29, 0.717) is 12.5 Å². The molecule has 0 bridgehead atoms. The van der Waals surface area contributed by atoms with Crippen LogP contribution in [0.3, 0.4) is 0 Å². The highest BCUT2D eigenvalue weighted by atomic mass is 19.1. The van der Waals surface area contributed by atoms with Gasteiger partial charge in [-0.05, 0) is 6.92 Å². The molecule has 0 radical (unpaired) electrons. The molecule has 0 fully saturated rings. The molecule has 0 aliphatic carbocycles. The lowest BCUT2D eigenvalue weighted by molar-refractivity contribution is 0.613. The largest absolute Gasteiger partial charge is 0.350 e. The lowest BCUT2D eigenvalue weighted by Gasteiger charge is -2.09. The minimum atomic E-state index is -0.444. The standard InChI is InChI=1S/C7H11FN4/c1-5(2-9)12-7-10-3-6(8)4-11-7/h3-5H,2,9H2,1H3,(H,10,11,12)/t5-/m0/s1. The summed E-state index contributed by atoms with van der Waals surface area (Å²) < 4.78 is 12.3. The van der Waals surface area contributed by atoms with Gasteiger partial charge in [0.1, 0.15) is 0 Å². The first kappa shape index (κ1) is 8.86. The molecular formula is C7H11FN4. The molecule has 0 aromatic carbocycles. The third-order valence-electron chi connectivity index (χ3n) is 1.35. The Bertz CT molecular complexity index is 236. The highest BCUT2D eigenvalue weighted by Crippen LogP contribution is 1.99. The van der Waals surface area contributed by atoms with Gasteiger partial charge in [0.15, 0.2) is 5.82 Å². The van der Waals surface area contributed by atoms with E-state index < -0.39 is 5.82 Å². The number of rotatable bonds is 3. The Morgan fingerprint density at radius 1 is 1.58 bits per heavy atom. The van der Waals surface area contributed by atoms with Gasteiger partial charge in [-0.15, -0.1) is 0 Å². The minimum Gasteiger partial charge on any atom is -0.350 e. The van der Waals surface area contributed by atoms with E-state index in [2.05, 4.69) is 15.3 Å². The molecular weight excluding hydrogens is 159 g/mol. The van der Waals surface area contributed by atoms with E-state index >= 15 is 0 Å². The van der Waals surface area contributed by atoms with Gasteiger partial charge in [0.25, 0.3) is 0 Å². The molecule has 0 unspecified atom stereocenters. The molecule has 1 heterocycles. The lowest BCUT2D eigenvalue weighted by atomic mass is 10.3. The third-order valence-corrected chi connectivity index (χ3v) is 1.35. The monoisotopic (exact) mass is 170 g/mol. The predicted octanol–water partition coefficient (Wildman–Crippen LogP) is 0.375. The molecule has 5 heteroatoms. The van der Waals surface area contributed by atoms with E-state index in [1.54, 1.807) is 0 Å². The summed E-state index contributed by atoms with van der Waals surface area (Å²) >= 11 is 0. The summed E-state index contributed by atoms with van der Waals surface area (Å²) in [7, 11) is 0. The summed E-state index contributed by atoms with van der Waals surface area (Å²) in [6.07, 6.45) is 2.22. The fourth-order valence-electron chi connectivity index (χ4n) is 0.666. The van der Waals surface area contributed by atoms with Crippen LogP contribution in [0.1, 0.15) is 6.92 Å². The Hall–Kier alpha value is -1.23. The van der Waals surface area contributed by atoms with Crippen molar-refractivity contribution < 1.29 is 4.39 Å². The van der Waals surface area contributed by atoms with E-state index in [-0.39, 0.29) is 6.04 Å². The molecule has 1 rings (SSSR count). The van der Waals surface area contributed by atoms with Crippen molar-refractivity contribution in [1.82, 2.24) is 9.97 Å². The van der Waals surface area contributed by atoms with Gasteiger partial charge in [-0.25, -0.2) is 14.4 Å². The third kappa shape index (κ3) is 2.43. The average molecular weight is 170 g/mol. The maximum Gasteiger partial charge on any atom is 0.223 e. The van der Waals surface area contributed by atoms with E-state index in [0.717, 1.165) is 12.4 Å². The molecule has 3 N–H and O–H groups in total. The molecule has 0 saturated carbocycles. The zero-order chi connectivity index (χ0) is 8.97. The molecule has 66 valence electrons. The fraction of sp³-hybridized carbons (Fsp3) is 0.429. The van der Waals surface area contributed by atoms with E-state index in [1.807, 2.05) is 6.92 Å². The van der Waals surface area contributed by atoms with E-state index in [9.17, 15) is 4.39 Å². The van der Waals surface area contributed by atoms with Crippen molar-refractivity contribution in [3.8, 4) is 0 Å². The first-order valence-electron chi connectivity index (χ1n) is 3.66. The SMILES string of the molecule is C[C@@H](CN)Nc1ncc(F)cn1. The molecule has 0 aliphatic heterocycles. The summed E-state index contributed by atoms with van der Waals surface area (Å²) in [6, 6.07) is 0.0930. The van der Waals surface area contributed by atoms with Crippen LogP contribution in [0.15, 0.2) is 12.4 Å². The normalized spacial score (nSPS) is 12.6. The summed E-state index contributed by atoms with van der Waals surface area (Å²) in [5.74, 6) is -0.0460. The summed E-state index contributed by atoms with van der Waals surface area (Å²) in [4.78, 5) is 7.43. The molecule has 0 saturated heterocycles. The van der Waals surface area contributed by atoms with Crippen LogP contribution in [-0.2, 0) is 0 Å². The molecule has 0 spiro atoms. The minimum absolute atomic E-state index is 0.0930. The van der Waals surface area contributed by atoms with Crippen molar-refractivity contribution in [2.75, 3.05) is 11.9 Å². The first-order valence-corrected chi connectivity index (χ1v) is 3.66. The molecule has 12 heavy (non-hydrogen) atoms. The summed E-state index contributed by atoms with van der Waals surface area (Å²) in [5, 5.41) is 2.90. The quantitative estimate of drug-likeness (QED) is 0.688. The van der Waals surface area contributed by atoms with Crippen molar-refractivity contribution in [3.63, 3.8) is 0 Å². The van der Waals surface area contributed by atoms with Crippen LogP contribution < -0.4 is 11.1 Å². The number of nitrogens with one attached hydrogen (secondary N) is 1. The summed E-state index contributed by atoms with van der Waals surface area (Å²) in [6.45, 7) is 2.38. The number of nitrogens with zero attached hydrogens (tertiary/aromatic N) is 2. The van der Waals surface area contributed by atoms with Gasteiger partial charge in [0.2, 0.25) is 5.95 Å². The average Bonchev–Trinajstić information content (AvgIpc) is 2.09. The van der Waals surface area contributed by atoms with Crippen LogP contribution >= 0.6 is 0 Å². The number of halogens is 1. The summed E-state index contributed by atoms with van der Waals surface area (Å²) in [5.41, 5.74) is 5.36. The maximum atomic E-state index is 12.3. The molecule has 0 amide bonds.